The second-order valence-electron chi connectivity index (χ2n) is 7.91. The van der Waals surface area contributed by atoms with Crippen LogP contribution in [0.1, 0.15) is 91.9 Å². The Kier molecular flexibility index (Phi) is 11.6. The first-order chi connectivity index (χ1) is 9.70. The van der Waals surface area contributed by atoms with Crippen molar-refractivity contribution >= 4 is 24.2 Å². The fourth-order valence-corrected chi connectivity index (χ4v) is 5.01. The van der Waals surface area contributed by atoms with Gasteiger partial charge in [-0.3, -0.25) is 0 Å². The number of rotatable bonds is 12. The van der Waals surface area contributed by atoms with Gasteiger partial charge >= 0.3 is 0 Å². The molecular formula is C18H39BrOSi. The molecule has 0 aromatic carbocycles. The first kappa shape index (κ1) is 21.7. The van der Waals surface area contributed by atoms with E-state index < -0.39 is 8.32 Å². The lowest BCUT2D eigenvalue weighted by Gasteiger charge is -2.38. The van der Waals surface area contributed by atoms with E-state index in [-0.39, 0.29) is 5.01 Å². The zero-order valence-corrected chi connectivity index (χ0v) is 18.0. The second-order valence-corrected chi connectivity index (χ2v) is 13.7. The van der Waals surface area contributed by atoms with E-state index in [1.54, 1.807) is 0 Å². The Balaban J connectivity index is 3.56. The minimum Gasteiger partial charge on any atom is -0.404 e. The predicted molar refractivity (Wildman–Crippen MR) is 103 cm³/mol. The molecule has 0 heterocycles. The van der Waals surface area contributed by atoms with Crippen molar-refractivity contribution in [3.63, 3.8) is 0 Å². The summed E-state index contributed by atoms with van der Waals surface area (Å²) in [6.45, 7) is 13.9. The van der Waals surface area contributed by atoms with Crippen LogP contribution in [0.3, 0.4) is 0 Å². The molecule has 0 aromatic rings. The summed E-state index contributed by atoms with van der Waals surface area (Å²) in [4.78, 5) is 0. The van der Waals surface area contributed by atoms with Crippen LogP contribution in [0.15, 0.2) is 0 Å². The first-order valence-corrected chi connectivity index (χ1v) is 12.8. The molecule has 0 amide bonds. The van der Waals surface area contributed by atoms with Crippen LogP contribution in [-0.2, 0) is 4.43 Å². The number of hydrogen-bond donors (Lipinski definition) is 0. The molecule has 3 heteroatoms. The van der Waals surface area contributed by atoms with E-state index in [0.29, 0.717) is 5.04 Å². The van der Waals surface area contributed by atoms with Crippen LogP contribution in [-0.4, -0.2) is 13.3 Å². The Morgan fingerprint density at radius 2 is 1.29 bits per heavy atom. The average Bonchev–Trinajstić information content (AvgIpc) is 2.35. The van der Waals surface area contributed by atoms with Gasteiger partial charge in [-0.15, -0.1) is 0 Å². The molecule has 0 saturated carbocycles. The van der Waals surface area contributed by atoms with Gasteiger partial charge in [-0.25, -0.2) is 0 Å². The fourth-order valence-electron chi connectivity index (χ4n) is 2.17. The van der Waals surface area contributed by atoms with Crippen molar-refractivity contribution in [2.75, 3.05) is 0 Å². The summed E-state index contributed by atoms with van der Waals surface area (Å²) in [6, 6.07) is 0. The molecule has 1 atom stereocenters. The van der Waals surface area contributed by atoms with E-state index in [1.165, 1.54) is 57.8 Å². The minimum absolute atomic E-state index is 0.253. The first-order valence-electron chi connectivity index (χ1n) is 9.02. The third-order valence-electron chi connectivity index (χ3n) is 4.76. The molecule has 0 bridgehead atoms. The summed E-state index contributed by atoms with van der Waals surface area (Å²) < 4.78 is 6.33. The predicted octanol–water partition coefficient (Wildman–Crippen LogP) is 7.65. The van der Waals surface area contributed by atoms with Crippen molar-refractivity contribution < 1.29 is 4.43 Å². The number of halogens is 1. The Hall–Kier alpha value is 0.657. The van der Waals surface area contributed by atoms with Gasteiger partial charge in [0.25, 0.3) is 0 Å². The summed E-state index contributed by atoms with van der Waals surface area (Å²) in [7, 11) is -1.61. The van der Waals surface area contributed by atoms with E-state index in [0.717, 1.165) is 6.42 Å². The van der Waals surface area contributed by atoms with Crippen LogP contribution in [0.4, 0.5) is 0 Å². The second kappa shape index (κ2) is 11.2. The lowest BCUT2D eigenvalue weighted by atomic mass is 10.1. The van der Waals surface area contributed by atoms with E-state index in [2.05, 4.69) is 56.7 Å². The van der Waals surface area contributed by atoms with Gasteiger partial charge in [-0.1, -0.05) is 101 Å². The lowest BCUT2D eigenvalue weighted by Crippen LogP contribution is -2.42. The van der Waals surface area contributed by atoms with Crippen LogP contribution in [0.2, 0.25) is 18.1 Å². The van der Waals surface area contributed by atoms with Gasteiger partial charge < -0.3 is 4.43 Å². The summed E-state index contributed by atoms with van der Waals surface area (Å²) in [6.07, 6.45) is 13.7. The highest BCUT2D eigenvalue weighted by molar-refractivity contribution is 9.09. The number of unbranched alkanes of at least 4 members (excludes halogenated alkanes) is 8. The van der Waals surface area contributed by atoms with E-state index >= 15 is 0 Å². The zero-order chi connectivity index (χ0) is 16.4. The molecule has 0 rings (SSSR count). The lowest BCUT2D eigenvalue weighted by molar-refractivity contribution is 0.252. The van der Waals surface area contributed by atoms with Crippen molar-refractivity contribution in [1.29, 1.82) is 0 Å². The number of hydrogen-bond acceptors (Lipinski definition) is 1. The van der Waals surface area contributed by atoms with Gasteiger partial charge in [0.2, 0.25) is 0 Å². The van der Waals surface area contributed by atoms with Crippen LogP contribution >= 0.6 is 15.9 Å². The molecule has 0 N–H and O–H groups in total. The molecule has 0 aliphatic carbocycles. The normalized spacial score (nSPS) is 14.4. The van der Waals surface area contributed by atoms with Gasteiger partial charge in [0.15, 0.2) is 8.32 Å². The van der Waals surface area contributed by atoms with Gasteiger partial charge in [-0.2, -0.15) is 0 Å². The Morgan fingerprint density at radius 3 is 1.71 bits per heavy atom. The minimum atomic E-state index is -1.61. The Labute approximate surface area is 143 Å². The average molecular weight is 379 g/mol. The third kappa shape index (κ3) is 10.9. The van der Waals surface area contributed by atoms with Crippen molar-refractivity contribution in [3.05, 3.63) is 0 Å². The van der Waals surface area contributed by atoms with Crippen molar-refractivity contribution in [3.8, 4) is 0 Å². The summed E-state index contributed by atoms with van der Waals surface area (Å²) in [5.74, 6) is 0. The maximum Gasteiger partial charge on any atom is 0.193 e. The van der Waals surface area contributed by atoms with E-state index in [9.17, 15) is 0 Å². The quantitative estimate of drug-likeness (QED) is 0.192. The van der Waals surface area contributed by atoms with E-state index in [4.69, 9.17) is 4.43 Å². The molecule has 0 aliphatic rings. The molecule has 1 unspecified atom stereocenters. The molecule has 0 aliphatic heterocycles. The van der Waals surface area contributed by atoms with Gasteiger partial charge in [0.1, 0.15) is 5.01 Å². The Bertz CT molecular complexity index is 248. The molecule has 21 heavy (non-hydrogen) atoms. The number of alkyl halides is 1. The van der Waals surface area contributed by atoms with E-state index in [1.807, 2.05) is 0 Å². The highest BCUT2D eigenvalue weighted by Crippen LogP contribution is 2.38. The molecule has 128 valence electrons. The maximum atomic E-state index is 6.33. The standard InChI is InChI=1S/C18H39BrOSi/c1-7-8-9-10-11-12-13-14-15-16-17(19)20-21(5,6)18(2,3)4/h17H,7-16H2,1-6H3. The highest BCUT2D eigenvalue weighted by atomic mass is 79.9. The Morgan fingerprint density at radius 1 is 0.857 bits per heavy atom. The van der Waals surface area contributed by atoms with Crippen LogP contribution in [0, 0.1) is 0 Å². The smallest absolute Gasteiger partial charge is 0.193 e. The highest BCUT2D eigenvalue weighted by Gasteiger charge is 2.38. The maximum absolute atomic E-state index is 6.33. The van der Waals surface area contributed by atoms with Crippen molar-refractivity contribution in [1.82, 2.24) is 0 Å². The van der Waals surface area contributed by atoms with Gasteiger partial charge in [0.05, 0.1) is 0 Å². The largest absolute Gasteiger partial charge is 0.404 e. The van der Waals surface area contributed by atoms with Crippen molar-refractivity contribution in [2.24, 2.45) is 0 Å². The monoisotopic (exact) mass is 378 g/mol. The molecule has 0 spiro atoms. The molecule has 0 aromatic heterocycles. The van der Waals surface area contributed by atoms with Crippen LogP contribution < -0.4 is 0 Å². The fraction of sp³-hybridized carbons (Fsp3) is 1.00. The topological polar surface area (TPSA) is 9.23 Å². The van der Waals surface area contributed by atoms with Crippen molar-refractivity contribution in [2.45, 2.75) is 115 Å². The van der Waals surface area contributed by atoms with Gasteiger partial charge in [0, 0.05) is 0 Å². The van der Waals surface area contributed by atoms with Crippen LogP contribution in [0.5, 0.6) is 0 Å². The summed E-state index contributed by atoms with van der Waals surface area (Å²) >= 11 is 3.73. The van der Waals surface area contributed by atoms with Gasteiger partial charge in [-0.05, 0) is 24.6 Å². The molecule has 0 saturated heterocycles. The summed E-state index contributed by atoms with van der Waals surface area (Å²) in [5.41, 5.74) is 0. The zero-order valence-electron chi connectivity index (χ0n) is 15.4. The third-order valence-corrected chi connectivity index (χ3v) is 10.2. The molecule has 1 nitrogen and oxygen atoms in total. The molecular weight excluding hydrogens is 340 g/mol. The molecule has 0 fully saturated rings. The summed E-state index contributed by atoms with van der Waals surface area (Å²) in [5, 5.41) is 0.556. The SMILES string of the molecule is CCCCCCCCCCCC(Br)O[Si](C)(C)C(C)(C)C. The molecule has 0 radical (unpaired) electrons. The van der Waals surface area contributed by atoms with Crippen LogP contribution in [0.25, 0.3) is 0 Å².